The largest absolute Gasteiger partial charge is 0.493 e. The SMILES string of the molecule is Cc1cc(C)c(NC(=S)NC(=O)c2cc(-c3cccc(OCC(C)C)c3)nc3ccccc23)c([N+](=O)[O-])c1. The molecule has 4 aromatic rings. The van der Waals surface area contributed by atoms with Crippen LogP contribution in [0.2, 0.25) is 0 Å². The Hall–Kier alpha value is -4.37. The van der Waals surface area contributed by atoms with Crippen molar-refractivity contribution in [3.05, 3.63) is 93.5 Å². The Morgan fingerprint density at radius 1 is 1.08 bits per heavy atom. The summed E-state index contributed by atoms with van der Waals surface area (Å²) in [5.74, 6) is 0.648. The molecule has 3 aromatic carbocycles. The molecular weight excluding hydrogens is 500 g/mol. The van der Waals surface area contributed by atoms with E-state index < -0.39 is 10.8 Å². The highest BCUT2D eigenvalue weighted by molar-refractivity contribution is 7.80. The van der Waals surface area contributed by atoms with Crippen molar-refractivity contribution >= 4 is 45.5 Å². The van der Waals surface area contributed by atoms with E-state index in [1.807, 2.05) is 48.5 Å². The Morgan fingerprint density at radius 3 is 2.58 bits per heavy atom. The van der Waals surface area contributed by atoms with Crippen molar-refractivity contribution in [2.24, 2.45) is 5.92 Å². The zero-order valence-electron chi connectivity index (χ0n) is 21.6. The second kappa shape index (κ2) is 11.4. The Kier molecular flexibility index (Phi) is 7.97. The van der Waals surface area contributed by atoms with Crippen molar-refractivity contribution in [3.8, 4) is 17.0 Å². The number of anilines is 1. The molecule has 2 N–H and O–H groups in total. The highest BCUT2D eigenvalue weighted by Crippen LogP contribution is 2.30. The topological polar surface area (TPSA) is 106 Å². The van der Waals surface area contributed by atoms with Crippen LogP contribution in [-0.2, 0) is 0 Å². The smallest absolute Gasteiger partial charge is 0.293 e. The van der Waals surface area contributed by atoms with E-state index in [-0.39, 0.29) is 16.5 Å². The van der Waals surface area contributed by atoms with Gasteiger partial charge in [-0.1, -0.05) is 50.2 Å². The number of nitro benzene ring substituents is 1. The number of amides is 1. The molecule has 194 valence electrons. The summed E-state index contributed by atoms with van der Waals surface area (Å²) in [5, 5.41) is 17.7. The predicted molar refractivity (Wildman–Crippen MR) is 154 cm³/mol. The van der Waals surface area contributed by atoms with E-state index in [1.165, 1.54) is 6.07 Å². The highest BCUT2D eigenvalue weighted by Gasteiger charge is 2.20. The standard InChI is InChI=1S/C29H28N4O4S/c1-17(2)16-37-21-9-7-8-20(14-21)25-15-23(22-10-5-6-11-24(22)30-25)28(34)32-29(38)31-27-19(4)12-18(3)13-26(27)33(35)36/h5-15,17H,16H2,1-4H3,(H2,31,32,34,38). The van der Waals surface area contributed by atoms with Gasteiger partial charge >= 0.3 is 0 Å². The quantitative estimate of drug-likeness (QED) is 0.158. The molecule has 1 aromatic heterocycles. The van der Waals surface area contributed by atoms with E-state index in [0.29, 0.717) is 40.2 Å². The Bertz CT molecular complexity index is 1550. The summed E-state index contributed by atoms with van der Waals surface area (Å²) >= 11 is 5.37. The number of aromatic nitrogens is 1. The number of rotatable bonds is 7. The summed E-state index contributed by atoms with van der Waals surface area (Å²) in [6, 6.07) is 19.9. The number of carbonyl (C=O) groups is 1. The zero-order valence-corrected chi connectivity index (χ0v) is 22.4. The third kappa shape index (κ3) is 6.12. The minimum atomic E-state index is -0.478. The molecule has 38 heavy (non-hydrogen) atoms. The van der Waals surface area contributed by atoms with Crippen molar-refractivity contribution in [3.63, 3.8) is 0 Å². The lowest BCUT2D eigenvalue weighted by molar-refractivity contribution is -0.384. The third-order valence-corrected chi connectivity index (χ3v) is 6.00. The fourth-order valence-corrected chi connectivity index (χ4v) is 4.28. The van der Waals surface area contributed by atoms with Gasteiger partial charge in [0, 0.05) is 17.0 Å². The van der Waals surface area contributed by atoms with Crippen molar-refractivity contribution in [1.82, 2.24) is 10.3 Å². The molecule has 1 heterocycles. The van der Waals surface area contributed by atoms with Gasteiger partial charge in [-0.3, -0.25) is 20.2 Å². The minimum absolute atomic E-state index is 0.0448. The van der Waals surface area contributed by atoms with Gasteiger partial charge in [0.25, 0.3) is 11.6 Å². The predicted octanol–water partition coefficient (Wildman–Crippen LogP) is 6.59. The van der Waals surface area contributed by atoms with Crippen LogP contribution in [0.5, 0.6) is 5.75 Å². The summed E-state index contributed by atoms with van der Waals surface area (Å²) in [5.41, 5.74) is 3.95. The van der Waals surface area contributed by atoms with Crippen molar-refractivity contribution in [2.45, 2.75) is 27.7 Å². The molecule has 9 heteroatoms. The van der Waals surface area contributed by atoms with Gasteiger partial charge in [0.2, 0.25) is 0 Å². The number of carbonyl (C=O) groups excluding carboxylic acids is 1. The van der Waals surface area contributed by atoms with Crippen LogP contribution in [0.1, 0.15) is 35.3 Å². The van der Waals surface area contributed by atoms with Gasteiger partial charge in [-0.25, -0.2) is 4.98 Å². The first-order chi connectivity index (χ1) is 18.1. The molecule has 0 bridgehead atoms. The molecule has 0 aliphatic carbocycles. The number of benzene rings is 3. The molecule has 0 unspecified atom stereocenters. The number of para-hydroxylation sites is 1. The molecule has 0 aliphatic rings. The maximum absolute atomic E-state index is 13.4. The number of thiocarbonyl (C=S) groups is 1. The van der Waals surface area contributed by atoms with Gasteiger partial charge in [0.05, 0.1) is 28.3 Å². The molecule has 0 saturated carbocycles. The fourth-order valence-electron chi connectivity index (χ4n) is 4.09. The number of nitrogens with one attached hydrogen (secondary N) is 2. The van der Waals surface area contributed by atoms with E-state index in [0.717, 1.165) is 16.9 Å². The van der Waals surface area contributed by atoms with Crippen molar-refractivity contribution in [2.75, 3.05) is 11.9 Å². The first kappa shape index (κ1) is 26.7. The molecule has 0 spiro atoms. The number of fused-ring (bicyclic) bond motifs is 1. The molecule has 8 nitrogen and oxygen atoms in total. The average Bonchev–Trinajstić information content (AvgIpc) is 2.88. The molecule has 4 rings (SSSR count). The summed E-state index contributed by atoms with van der Waals surface area (Å²) in [6.45, 7) is 8.27. The first-order valence-electron chi connectivity index (χ1n) is 12.1. The lowest BCUT2D eigenvalue weighted by atomic mass is 10.0. The van der Waals surface area contributed by atoms with Crippen LogP contribution < -0.4 is 15.4 Å². The van der Waals surface area contributed by atoms with E-state index in [4.69, 9.17) is 21.9 Å². The van der Waals surface area contributed by atoms with Gasteiger partial charge in [-0.2, -0.15) is 0 Å². The lowest BCUT2D eigenvalue weighted by Crippen LogP contribution is -2.34. The van der Waals surface area contributed by atoms with Crippen molar-refractivity contribution < 1.29 is 14.5 Å². The number of pyridine rings is 1. The van der Waals surface area contributed by atoms with Gasteiger partial charge in [-0.15, -0.1) is 0 Å². The second-order valence-corrected chi connectivity index (χ2v) is 9.85. The van der Waals surface area contributed by atoms with E-state index >= 15 is 0 Å². The van der Waals surface area contributed by atoms with Gasteiger partial charge < -0.3 is 10.1 Å². The molecule has 0 saturated heterocycles. The molecule has 0 fully saturated rings. The van der Waals surface area contributed by atoms with E-state index in [2.05, 4.69) is 24.5 Å². The Morgan fingerprint density at radius 2 is 1.84 bits per heavy atom. The second-order valence-electron chi connectivity index (χ2n) is 9.45. The number of aryl methyl sites for hydroxylation is 2. The first-order valence-corrected chi connectivity index (χ1v) is 12.5. The lowest BCUT2D eigenvalue weighted by Gasteiger charge is -2.14. The maximum atomic E-state index is 13.4. The Labute approximate surface area is 226 Å². The number of ether oxygens (including phenoxy) is 1. The highest BCUT2D eigenvalue weighted by atomic mass is 32.1. The number of nitrogens with zero attached hydrogens (tertiary/aromatic N) is 2. The van der Waals surface area contributed by atoms with Gasteiger partial charge in [0.15, 0.2) is 5.11 Å². The minimum Gasteiger partial charge on any atom is -0.493 e. The van der Waals surface area contributed by atoms with E-state index in [1.54, 1.807) is 26.0 Å². The van der Waals surface area contributed by atoms with Gasteiger partial charge in [0.1, 0.15) is 11.4 Å². The zero-order chi connectivity index (χ0) is 27.4. The molecule has 0 radical (unpaired) electrons. The number of hydrogen-bond donors (Lipinski definition) is 2. The molecule has 0 aliphatic heterocycles. The van der Waals surface area contributed by atoms with Crippen LogP contribution in [0.4, 0.5) is 11.4 Å². The summed E-state index contributed by atoms with van der Waals surface area (Å²) < 4.78 is 5.87. The van der Waals surface area contributed by atoms with Crippen molar-refractivity contribution in [1.29, 1.82) is 0 Å². The fraction of sp³-hybridized carbons (Fsp3) is 0.207. The van der Waals surface area contributed by atoms with Crippen LogP contribution >= 0.6 is 12.2 Å². The number of hydrogen-bond acceptors (Lipinski definition) is 6. The normalized spacial score (nSPS) is 10.9. The van der Waals surface area contributed by atoms with Gasteiger partial charge in [-0.05, 0) is 67.4 Å². The Balaban J connectivity index is 1.65. The average molecular weight is 529 g/mol. The summed E-state index contributed by atoms with van der Waals surface area (Å²) in [4.78, 5) is 29.3. The van der Waals surface area contributed by atoms with Crippen LogP contribution in [-0.4, -0.2) is 27.5 Å². The van der Waals surface area contributed by atoms with Crippen LogP contribution in [0, 0.1) is 29.9 Å². The summed E-state index contributed by atoms with van der Waals surface area (Å²) in [6.07, 6.45) is 0. The van der Waals surface area contributed by atoms with Crippen LogP contribution in [0.25, 0.3) is 22.2 Å². The van der Waals surface area contributed by atoms with Crippen LogP contribution in [0.3, 0.4) is 0 Å². The monoisotopic (exact) mass is 528 g/mol. The maximum Gasteiger partial charge on any atom is 0.293 e. The molecular formula is C29H28N4O4S. The third-order valence-electron chi connectivity index (χ3n) is 5.80. The molecule has 1 amide bonds. The number of nitro groups is 1. The van der Waals surface area contributed by atoms with E-state index in [9.17, 15) is 14.9 Å². The van der Waals surface area contributed by atoms with Crippen LogP contribution in [0.15, 0.2) is 66.7 Å². The molecule has 0 atom stereocenters. The summed E-state index contributed by atoms with van der Waals surface area (Å²) in [7, 11) is 0.